The number of halogens is 1. The Labute approximate surface area is 100.0 Å². The number of amides is 1. The minimum absolute atomic E-state index is 0.0562. The predicted molar refractivity (Wildman–Crippen MR) is 63.2 cm³/mol. The quantitative estimate of drug-likeness (QED) is 0.816. The number of hydrogen-bond donors (Lipinski definition) is 2. The van der Waals surface area contributed by atoms with E-state index in [4.69, 9.17) is 10.5 Å². The molecule has 0 aliphatic heterocycles. The maximum absolute atomic E-state index is 13.5. The molecule has 4 nitrogen and oxygen atoms in total. The monoisotopic (exact) mass is 240 g/mol. The van der Waals surface area contributed by atoms with Gasteiger partial charge in [0.05, 0.1) is 0 Å². The first-order valence-corrected chi connectivity index (χ1v) is 5.49. The van der Waals surface area contributed by atoms with Crippen LogP contribution in [0.3, 0.4) is 0 Å². The first-order valence-electron chi connectivity index (χ1n) is 5.49. The second kappa shape index (κ2) is 6.20. The zero-order chi connectivity index (χ0) is 12.8. The third-order valence-electron chi connectivity index (χ3n) is 2.21. The molecule has 1 amide bonds. The summed E-state index contributed by atoms with van der Waals surface area (Å²) in [7, 11) is 0. The number of nitrogens with one attached hydrogen (secondary N) is 1. The SMILES string of the molecule is CCNC(=O)COc1ccc([C@H](C)N)cc1F. The molecule has 0 saturated heterocycles. The van der Waals surface area contributed by atoms with Gasteiger partial charge >= 0.3 is 0 Å². The molecule has 17 heavy (non-hydrogen) atoms. The molecule has 0 spiro atoms. The molecule has 1 aromatic carbocycles. The summed E-state index contributed by atoms with van der Waals surface area (Å²) >= 11 is 0. The van der Waals surface area contributed by atoms with Crippen LogP contribution in [0.5, 0.6) is 5.75 Å². The van der Waals surface area contributed by atoms with Crippen LogP contribution < -0.4 is 15.8 Å². The second-order valence-corrected chi connectivity index (χ2v) is 3.72. The highest BCUT2D eigenvalue weighted by atomic mass is 19.1. The Morgan fingerprint density at radius 1 is 1.59 bits per heavy atom. The Morgan fingerprint density at radius 2 is 2.29 bits per heavy atom. The topological polar surface area (TPSA) is 64.3 Å². The summed E-state index contributed by atoms with van der Waals surface area (Å²) in [6.45, 7) is 3.90. The van der Waals surface area contributed by atoms with Crippen molar-refractivity contribution < 1.29 is 13.9 Å². The lowest BCUT2D eigenvalue weighted by Gasteiger charge is -2.10. The minimum Gasteiger partial charge on any atom is -0.481 e. The van der Waals surface area contributed by atoms with Gasteiger partial charge in [-0.25, -0.2) is 4.39 Å². The van der Waals surface area contributed by atoms with E-state index < -0.39 is 5.82 Å². The third-order valence-corrected chi connectivity index (χ3v) is 2.21. The number of benzene rings is 1. The first kappa shape index (κ1) is 13.4. The van der Waals surface area contributed by atoms with E-state index in [-0.39, 0.29) is 24.3 Å². The van der Waals surface area contributed by atoms with E-state index in [0.29, 0.717) is 12.1 Å². The summed E-state index contributed by atoms with van der Waals surface area (Å²) in [5.74, 6) is -0.729. The summed E-state index contributed by atoms with van der Waals surface area (Å²) < 4.78 is 18.6. The van der Waals surface area contributed by atoms with E-state index in [9.17, 15) is 9.18 Å². The highest BCUT2D eigenvalue weighted by Crippen LogP contribution is 2.20. The van der Waals surface area contributed by atoms with Gasteiger partial charge in [-0.1, -0.05) is 6.07 Å². The minimum atomic E-state index is -0.510. The fourth-order valence-corrected chi connectivity index (χ4v) is 1.31. The van der Waals surface area contributed by atoms with Gasteiger partial charge in [0.15, 0.2) is 18.2 Å². The summed E-state index contributed by atoms with van der Waals surface area (Å²) in [5, 5.41) is 2.56. The number of ether oxygens (including phenoxy) is 1. The molecular formula is C12H17FN2O2. The molecule has 94 valence electrons. The van der Waals surface area contributed by atoms with Gasteiger partial charge in [0.25, 0.3) is 5.91 Å². The molecule has 0 fully saturated rings. The summed E-state index contributed by atoms with van der Waals surface area (Å²) in [6.07, 6.45) is 0. The fraction of sp³-hybridized carbons (Fsp3) is 0.417. The third kappa shape index (κ3) is 4.03. The second-order valence-electron chi connectivity index (χ2n) is 3.72. The van der Waals surface area contributed by atoms with Crippen molar-refractivity contribution >= 4 is 5.91 Å². The summed E-state index contributed by atoms with van der Waals surface area (Å²) in [5.41, 5.74) is 6.31. The molecule has 0 heterocycles. The lowest BCUT2D eigenvalue weighted by molar-refractivity contribution is -0.123. The average Bonchev–Trinajstić information content (AvgIpc) is 2.27. The number of nitrogens with two attached hydrogens (primary N) is 1. The molecule has 3 N–H and O–H groups in total. The number of hydrogen-bond acceptors (Lipinski definition) is 3. The van der Waals surface area contributed by atoms with Crippen LogP contribution in [-0.4, -0.2) is 19.1 Å². The predicted octanol–water partition coefficient (Wildman–Crippen LogP) is 1.36. The molecule has 0 radical (unpaired) electrons. The van der Waals surface area contributed by atoms with E-state index in [1.807, 2.05) is 0 Å². The zero-order valence-corrected chi connectivity index (χ0v) is 10.00. The van der Waals surface area contributed by atoms with Gasteiger partial charge in [-0.05, 0) is 31.5 Å². The maximum atomic E-state index is 13.5. The highest BCUT2D eigenvalue weighted by molar-refractivity contribution is 5.77. The molecule has 5 heteroatoms. The van der Waals surface area contributed by atoms with Crippen molar-refractivity contribution in [2.24, 2.45) is 5.73 Å². The zero-order valence-electron chi connectivity index (χ0n) is 10.00. The molecule has 0 aliphatic rings. The van der Waals surface area contributed by atoms with E-state index in [0.717, 1.165) is 0 Å². The lowest BCUT2D eigenvalue weighted by atomic mass is 10.1. The highest BCUT2D eigenvalue weighted by Gasteiger charge is 2.08. The Kier molecular flexibility index (Phi) is 4.90. The first-order chi connectivity index (χ1) is 8.04. The standard InChI is InChI=1S/C12H17FN2O2/c1-3-15-12(16)7-17-11-5-4-9(8(2)14)6-10(11)13/h4-6,8H,3,7,14H2,1-2H3,(H,15,16)/t8-/m0/s1. The van der Waals surface area contributed by atoms with Crippen molar-refractivity contribution in [2.75, 3.05) is 13.2 Å². The van der Waals surface area contributed by atoms with E-state index in [1.54, 1.807) is 19.9 Å². The van der Waals surface area contributed by atoms with Crippen molar-refractivity contribution in [3.8, 4) is 5.75 Å². The average molecular weight is 240 g/mol. The smallest absolute Gasteiger partial charge is 0.257 e. The van der Waals surface area contributed by atoms with Crippen LogP contribution in [0, 0.1) is 5.82 Å². The Hall–Kier alpha value is -1.62. The van der Waals surface area contributed by atoms with Crippen molar-refractivity contribution in [2.45, 2.75) is 19.9 Å². The van der Waals surface area contributed by atoms with Gasteiger partial charge in [-0.15, -0.1) is 0 Å². The Balaban J connectivity index is 2.63. The molecule has 1 rings (SSSR count). The van der Waals surface area contributed by atoms with Gasteiger partial charge in [-0.2, -0.15) is 0 Å². The number of likely N-dealkylation sites (N-methyl/N-ethyl adjacent to an activating group) is 1. The van der Waals surface area contributed by atoms with Crippen LogP contribution in [0.1, 0.15) is 25.5 Å². The molecule has 0 unspecified atom stereocenters. The van der Waals surface area contributed by atoms with Gasteiger partial charge < -0.3 is 15.8 Å². The molecule has 0 saturated carbocycles. The molecule has 0 aliphatic carbocycles. The number of carbonyl (C=O) groups excluding carboxylic acids is 1. The largest absolute Gasteiger partial charge is 0.481 e. The van der Waals surface area contributed by atoms with Crippen LogP contribution in [0.2, 0.25) is 0 Å². The Morgan fingerprint density at radius 3 is 2.82 bits per heavy atom. The van der Waals surface area contributed by atoms with Crippen LogP contribution in [0.15, 0.2) is 18.2 Å². The molecule has 1 aromatic rings. The lowest BCUT2D eigenvalue weighted by Crippen LogP contribution is -2.28. The Bertz CT molecular complexity index is 394. The maximum Gasteiger partial charge on any atom is 0.257 e. The summed E-state index contributed by atoms with van der Waals surface area (Å²) in [4.78, 5) is 11.1. The van der Waals surface area contributed by atoms with Crippen LogP contribution in [-0.2, 0) is 4.79 Å². The number of rotatable bonds is 5. The van der Waals surface area contributed by atoms with Crippen LogP contribution >= 0.6 is 0 Å². The molecule has 0 bridgehead atoms. The molecule has 0 aromatic heterocycles. The molecular weight excluding hydrogens is 223 g/mol. The van der Waals surface area contributed by atoms with E-state index >= 15 is 0 Å². The van der Waals surface area contributed by atoms with Crippen LogP contribution in [0.25, 0.3) is 0 Å². The molecule has 1 atom stereocenters. The summed E-state index contributed by atoms with van der Waals surface area (Å²) in [6, 6.07) is 4.24. The van der Waals surface area contributed by atoms with E-state index in [2.05, 4.69) is 5.32 Å². The number of carbonyl (C=O) groups is 1. The van der Waals surface area contributed by atoms with Crippen molar-refractivity contribution in [3.05, 3.63) is 29.6 Å². The van der Waals surface area contributed by atoms with Gasteiger partial charge in [0, 0.05) is 12.6 Å². The van der Waals surface area contributed by atoms with Gasteiger partial charge in [0.2, 0.25) is 0 Å². The normalized spacial score (nSPS) is 12.0. The fourth-order valence-electron chi connectivity index (χ4n) is 1.31. The van der Waals surface area contributed by atoms with Gasteiger partial charge in [-0.3, -0.25) is 4.79 Å². The van der Waals surface area contributed by atoms with Crippen molar-refractivity contribution in [1.29, 1.82) is 0 Å². The van der Waals surface area contributed by atoms with Crippen molar-refractivity contribution in [3.63, 3.8) is 0 Å². The van der Waals surface area contributed by atoms with Crippen LogP contribution in [0.4, 0.5) is 4.39 Å². The van der Waals surface area contributed by atoms with E-state index in [1.165, 1.54) is 12.1 Å². The van der Waals surface area contributed by atoms with Gasteiger partial charge in [0.1, 0.15) is 0 Å². The van der Waals surface area contributed by atoms with Crippen molar-refractivity contribution in [1.82, 2.24) is 5.32 Å².